The number of fused-ring (bicyclic) bond motifs is 5. The third-order valence-corrected chi connectivity index (χ3v) is 7.88. The molecule has 0 radical (unpaired) electrons. The number of para-hydroxylation sites is 2. The largest absolute Gasteiger partial charge is 0.309 e. The Morgan fingerprint density at radius 3 is 1.33 bits per heavy atom. The van der Waals surface area contributed by atoms with E-state index in [4.69, 9.17) is 0 Å². The molecule has 182 valence electrons. The van der Waals surface area contributed by atoms with E-state index in [1.54, 1.807) is 0 Å². The second-order valence-electron chi connectivity index (χ2n) is 10.00. The monoisotopic (exact) mass is 496 g/mol. The maximum Gasteiger partial charge on any atom is 0.0541 e. The van der Waals surface area contributed by atoms with Gasteiger partial charge in [0.2, 0.25) is 0 Å². The van der Waals surface area contributed by atoms with Gasteiger partial charge in [0.05, 0.1) is 11.0 Å². The van der Waals surface area contributed by atoms with Gasteiger partial charge in [-0.15, -0.1) is 0 Å². The summed E-state index contributed by atoms with van der Waals surface area (Å²) in [4.78, 5) is 4.43. The number of hydrogen-bond acceptors (Lipinski definition) is 1. The van der Waals surface area contributed by atoms with Gasteiger partial charge < -0.3 is 4.57 Å². The molecule has 8 rings (SSSR count). The Balaban J connectivity index is 1.38. The highest BCUT2D eigenvalue weighted by Gasteiger charge is 2.17. The van der Waals surface area contributed by atoms with Crippen molar-refractivity contribution in [1.29, 1.82) is 0 Å². The van der Waals surface area contributed by atoms with Crippen molar-refractivity contribution in [2.24, 2.45) is 0 Å². The van der Waals surface area contributed by atoms with Gasteiger partial charge in [0, 0.05) is 34.4 Å². The SMILES string of the molecule is c1cncc(-c2c3ccccc3c(-c3ccc(-n4c5ccccc5c5ccccc54)cc3)c3ccccc23)c1. The Labute approximate surface area is 226 Å². The molecule has 2 aromatic heterocycles. The van der Waals surface area contributed by atoms with Crippen molar-refractivity contribution in [2.45, 2.75) is 0 Å². The van der Waals surface area contributed by atoms with E-state index in [1.165, 1.54) is 60.0 Å². The Morgan fingerprint density at radius 2 is 0.846 bits per heavy atom. The fraction of sp³-hybridized carbons (Fsp3) is 0. The lowest BCUT2D eigenvalue weighted by molar-refractivity contribution is 1.18. The first-order valence-corrected chi connectivity index (χ1v) is 13.3. The topological polar surface area (TPSA) is 17.8 Å². The van der Waals surface area contributed by atoms with Crippen LogP contribution in [0.3, 0.4) is 0 Å². The number of rotatable bonds is 3. The average molecular weight is 497 g/mol. The maximum absolute atomic E-state index is 4.43. The first-order chi connectivity index (χ1) is 19.4. The van der Waals surface area contributed by atoms with Gasteiger partial charge in [0.15, 0.2) is 0 Å². The molecule has 2 heteroatoms. The molecule has 0 unspecified atom stereocenters. The molecule has 0 N–H and O–H groups in total. The van der Waals surface area contributed by atoms with Crippen molar-refractivity contribution in [3.05, 3.63) is 146 Å². The van der Waals surface area contributed by atoms with Gasteiger partial charge in [-0.2, -0.15) is 0 Å². The first-order valence-electron chi connectivity index (χ1n) is 13.3. The Hall–Kier alpha value is -5.21. The highest BCUT2D eigenvalue weighted by Crippen LogP contribution is 2.43. The summed E-state index contributed by atoms with van der Waals surface area (Å²) >= 11 is 0. The van der Waals surface area contributed by atoms with E-state index in [0.29, 0.717) is 0 Å². The van der Waals surface area contributed by atoms with Crippen molar-refractivity contribution in [3.8, 4) is 27.9 Å². The summed E-state index contributed by atoms with van der Waals surface area (Å²) in [6, 6.07) is 48.1. The molecular weight excluding hydrogens is 472 g/mol. The lowest BCUT2D eigenvalue weighted by Crippen LogP contribution is -1.94. The number of pyridine rings is 1. The molecule has 0 aliphatic heterocycles. The number of benzene rings is 6. The van der Waals surface area contributed by atoms with Crippen LogP contribution in [0.1, 0.15) is 0 Å². The van der Waals surface area contributed by atoms with Crippen molar-refractivity contribution >= 4 is 43.4 Å². The van der Waals surface area contributed by atoms with Gasteiger partial charge in [-0.1, -0.05) is 103 Å². The molecule has 0 aliphatic rings. The van der Waals surface area contributed by atoms with Crippen molar-refractivity contribution < 1.29 is 0 Å². The Bertz CT molecular complexity index is 2040. The van der Waals surface area contributed by atoms with E-state index in [2.05, 4.69) is 137 Å². The summed E-state index contributed by atoms with van der Waals surface area (Å²) in [5.41, 5.74) is 8.47. The van der Waals surface area contributed by atoms with E-state index in [0.717, 1.165) is 11.3 Å². The zero-order chi connectivity index (χ0) is 25.8. The molecule has 0 saturated heterocycles. The fourth-order valence-electron chi connectivity index (χ4n) is 6.24. The standard InChI is InChI=1S/C37H24N2/c1-3-15-32-30(13-1)36(31-14-2-4-16-33(31)37(32)26-10-9-23-38-24-26)25-19-21-27(22-20-25)39-34-17-7-5-11-28(34)29-12-6-8-18-35(29)39/h1-24H. The lowest BCUT2D eigenvalue weighted by atomic mass is 9.86. The summed E-state index contributed by atoms with van der Waals surface area (Å²) in [5, 5.41) is 7.54. The third-order valence-electron chi connectivity index (χ3n) is 7.88. The van der Waals surface area contributed by atoms with Crippen molar-refractivity contribution in [3.63, 3.8) is 0 Å². The van der Waals surface area contributed by atoms with Crippen molar-refractivity contribution in [1.82, 2.24) is 9.55 Å². The summed E-state index contributed by atoms with van der Waals surface area (Å²) < 4.78 is 2.37. The number of hydrogen-bond donors (Lipinski definition) is 0. The predicted molar refractivity (Wildman–Crippen MR) is 164 cm³/mol. The molecule has 0 aliphatic carbocycles. The van der Waals surface area contributed by atoms with Crippen LogP contribution in [0.15, 0.2) is 146 Å². The van der Waals surface area contributed by atoms with E-state index in [9.17, 15) is 0 Å². The van der Waals surface area contributed by atoms with Gasteiger partial charge in [0.25, 0.3) is 0 Å². The summed E-state index contributed by atoms with van der Waals surface area (Å²) in [7, 11) is 0. The average Bonchev–Trinajstić information content (AvgIpc) is 3.35. The first kappa shape index (κ1) is 21.8. The molecule has 2 heterocycles. The molecule has 0 fully saturated rings. The van der Waals surface area contributed by atoms with Gasteiger partial charge in [-0.05, 0) is 68.6 Å². The highest BCUT2D eigenvalue weighted by atomic mass is 15.0. The van der Waals surface area contributed by atoms with E-state index < -0.39 is 0 Å². The minimum absolute atomic E-state index is 1.14. The second kappa shape index (κ2) is 8.68. The van der Waals surface area contributed by atoms with Gasteiger partial charge in [0.1, 0.15) is 0 Å². The smallest absolute Gasteiger partial charge is 0.0541 e. The highest BCUT2D eigenvalue weighted by molar-refractivity contribution is 6.21. The summed E-state index contributed by atoms with van der Waals surface area (Å²) in [6.45, 7) is 0. The lowest BCUT2D eigenvalue weighted by Gasteiger charge is -2.18. The third kappa shape index (κ3) is 3.32. The molecule has 0 bridgehead atoms. The predicted octanol–water partition coefficient (Wildman–Crippen LogP) is 9.82. The molecule has 0 spiro atoms. The van der Waals surface area contributed by atoms with Crippen LogP contribution in [-0.2, 0) is 0 Å². The van der Waals surface area contributed by atoms with Crippen LogP contribution in [0.25, 0.3) is 71.3 Å². The number of aromatic nitrogens is 2. The minimum Gasteiger partial charge on any atom is -0.309 e. The molecule has 0 saturated carbocycles. The molecule has 6 aromatic carbocycles. The second-order valence-corrected chi connectivity index (χ2v) is 10.00. The van der Waals surface area contributed by atoms with Gasteiger partial charge in [-0.3, -0.25) is 4.98 Å². The molecule has 39 heavy (non-hydrogen) atoms. The van der Waals surface area contributed by atoms with E-state index in [-0.39, 0.29) is 0 Å². The van der Waals surface area contributed by atoms with E-state index in [1.807, 2.05) is 18.5 Å². The Morgan fingerprint density at radius 1 is 0.385 bits per heavy atom. The molecule has 2 nitrogen and oxygen atoms in total. The normalized spacial score (nSPS) is 11.6. The molecule has 8 aromatic rings. The molecular formula is C37H24N2. The summed E-state index contributed by atoms with van der Waals surface area (Å²) in [5.74, 6) is 0. The minimum atomic E-state index is 1.14. The van der Waals surface area contributed by atoms with Crippen LogP contribution in [0, 0.1) is 0 Å². The zero-order valence-electron chi connectivity index (χ0n) is 21.3. The van der Waals surface area contributed by atoms with Gasteiger partial charge in [-0.25, -0.2) is 0 Å². The van der Waals surface area contributed by atoms with Crippen LogP contribution in [-0.4, -0.2) is 9.55 Å². The zero-order valence-corrected chi connectivity index (χ0v) is 21.3. The maximum atomic E-state index is 4.43. The van der Waals surface area contributed by atoms with Crippen LogP contribution >= 0.6 is 0 Å². The fourth-order valence-corrected chi connectivity index (χ4v) is 6.24. The quantitative estimate of drug-likeness (QED) is 0.223. The van der Waals surface area contributed by atoms with Crippen LogP contribution in [0.4, 0.5) is 0 Å². The van der Waals surface area contributed by atoms with Crippen LogP contribution in [0.2, 0.25) is 0 Å². The van der Waals surface area contributed by atoms with E-state index >= 15 is 0 Å². The van der Waals surface area contributed by atoms with Crippen molar-refractivity contribution in [2.75, 3.05) is 0 Å². The summed E-state index contributed by atoms with van der Waals surface area (Å²) in [6.07, 6.45) is 3.80. The van der Waals surface area contributed by atoms with Crippen LogP contribution in [0.5, 0.6) is 0 Å². The molecule has 0 atom stereocenters. The Kier molecular flexibility index (Phi) is 4.86. The van der Waals surface area contributed by atoms with Gasteiger partial charge >= 0.3 is 0 Å². The number of nitrogens with zero attached hydrogens (tertiary/aromatic N) is 2. The van der Waals surface area contributed by atoms with Crippen LogP contribution < -0.4 is 0 Å². The molecule has 0 amide bonds.